The number of hydrogen-bond acceptors (Lipinski definition) is 2. The van der Waals surface area contributed by atoms with Crippen LogP contribution in [0.2, 0.25) is 0 Å². The Kier molecular flexibility index (Phi) is 4.80. The summed E-state index contributed by atoms with van der Waals surface area (Å²) in [7, 11) is 2.00. The fraction of sp³-hybridized carbons (Fsp3) is 0.200. The molecule has 0 unspecified atom stereocenters. The Bertz CT molecular complexity index is 511. The lowest BCUT2D eigenvalue weighted by molar-refractivity contribution is 0.627. The highest BCUT2D eigenvalue weighted by molar-refractivity contribution is 9.10. The van der Waals surface area contributed by atoms with Crippen LogP contribution in [0.4, 0.5) is 15.8 Å². The summed E-state index contributed by atoms with van der Waals surface area (Å²) in [5.41, 5.74) is 2.11. The first kappa shape index (κ1) is 13.9. The van der Waals surface area contributed by atoms with Crippen molar-refractivity contribution < 1.29 is 4.39 Å². The van der Waals surface area contributed by atoms with E-state index in [4.69, 9.17) is 0 Å². The van der Waals surface area contributed by atoms with E-state index in [1.54, 1.807) is 12.1 Å². The van der Waals surface area contributed by atoms with Crippen LogP contribution >= 0.6 is 15.9 Å². The first-order valence-electron chi connectivity index (χ1n) is 6.11. The zero-order valence-electron chi connectivity index (χ0n) is 10.7. The van der Waals surface area contributed by atoms with Gasteiger partial charge in [-0.05, 0) is 48.5 Å². The lowest BCUT2D eigenvalue weighted by Crippen LogP contribution is -2.24. The van der Waals surface area contributed by atoms with E-state index in [1.165, 1.54) is 12.1 Å². The van der Waals surface area contributed by atoms with E-state index in [0.717, 1.165) is 28.9 Å². The van der Waals surface area contributed by atoms with Crippen molar-refractivity contribution in [1.29, 1.82) is 0 Å². The molecule has 0 radical (unpaired) electrons. The smallest absolute Gasteiger partial charge is 0.123 e. The van der Waals surface area contributed by atoms with Gasteiger partial charge in [-0.3, -0.25) is 0 Å². The number of likely N-dealkylation sites (N-methyl/N-ethyl adjacent to an activating group) is 1. The minimum atomic E-state index is -0.204. The van der Waals surface area contributed by atoms with Crippen molar-refractivity contribution in [1.82, 2.24) is 0 Å². The molecule has 0 aliphatic carbocycles. The van der Waals surface area contributed by atoms with Gasteiger partial charge in [-0.25, -0.2) is 4.39 Å². The fourth-order valence-electron chi connectivity index (χ4n) is 1.76. The zero-order valence-corrected chi connectivity index (χ0v) is 12.3. The number of nitrogens with one attached hydrogen (secondary N) is 1. The second kappa shape index (κ2) is 6.57. The molecule has 0 aliphatic heterocycles. The van der Waals surface area contributed by atoms with Crippen LogP contribution in [0.1, 0.15) is 0 Å². The minimum absolute atomic E-state index is 0.204. The zero-order chi connectivity index (χ0) is 13.7. The van der Waals surface area contributed by atoms with E-state index in [0.29, 0.717) is 0 Å². The molecule has 0 heterocycles. The van der Waals surface area contributed by atoms with Gasteiger partial charge in [0.1, 0.15) is 5.82 Å². The van der Waals surface area contributed by atoms with E-state index in [1.807, 2.05) is 31.3 Å². The minimum Gasteiger partial charge on any atom is -0.383 e. The Balaban J connectivity index is 1.82. The molecule has 2 aromatic rings. The second-order valence-corrected chi connectivity index (χ2v) is 5.25. The van der Waals surface area contributed by atoms with E-state index in [9.17, 15) is 4.39 Å². The van der Waals surface area contributed by atoms with Crippen molar-refractivity contribution in [3.63, 3.8) is 0 Å². The first-order valence-corrected chi connectivity index (χ1v) is 6.90. The molecular formula is C15H16BrFN2. The van der Waals surface area contributed by atoms with Crippen LogP contribution in [0, 0.1) is 5.82 Å². The molecule has 0 saturated heterocycles. The summed E-state index contributed by atoms with van der Waals surface area (Å²) in [5, 5.41) is 3.35. The van der Waals surface area contributed by atoms with Gasteiger partial charge in [0.2, 0.25) is 0 Å². The lowest BCUT2D eigenvalue weighted by Gasteiger charge is -2.19. The van der Waals surface area contributed by atoms with Gasteiger partial charge < -0.3 is 10.2 Å². The molecule has 0 amide bonds. The van der Waals surface area contributed by atoms with Gasteiger partial charge in [0.25, 0.3) is 0 Å². The van der Waals surface area contributed by atoms with Crippen molar-refractivity contribution in [2.45, 2.75) is 0 Å². The van der Waals surface area contributed by atoms with Crippen LogP contribution in [-0.2, 0) is 0 Å². The van der Waals surface area contributed by atoms with Gasteiger partial charge >= 0.3 is 0 Å². The molecule has 2 rings (SSSR count). The molecule has 2 aromatic carbocycles. The largest absolute Gasteiger partial charge is 0.383 e. The number of nitrogens with zero attached hydrogens (tertiary/aromatic N) is 1. The van der Waals surface area contributed by atoms with Crippen molar-refractivity contribution in [2.24, 2.45) is 0 Å². The summed E-state index contributed by atoms with van der Waals surface area (Å²) < 4.78 is 13.9. The fourth-order valence-corrected chi connectivity index (χ4v) is 2.02. The van der Waals surface area contributed by atoms with Gasteiger partial charge in [-0.15, -0.1) is 0 Å². The Morgan fingerprint density at radius 3 is 2.32 bits per heavy atom. The van der Waals surface area contributed by atoms with Gasteiger partial charge in [0.15, 0.2) is 0 Å². The Morgan fingerprint density at radius 1 is 1.05 bits per heavy atom. The number of hydrogen-bond donors (Lipinski definition) is 1. The van der Waals surface area contributed by atoms with E-state index in [2.05, 4.69) is 26.1 Å². The maximum absolute atomic E-state index is 12.8. The van der Waals surface area contributed by atoms with Crippen LogP contribution < -0.4 is 10.2 Å². The predicted octanol–water partition coefficient (Wildman–Crippen LogP) is 4.14. The molecule has 0 aliphatic rings. The van der Waals surface area contributed by atoms with Gasteiger partial charge in [-0.1, -0.05) is 15.9 Å². The topological polar surface area (TPSA) is 15.3 Å². The molecule has 0 bridgehead atoms. The van der Waals surface area contributed by atoms with Gasteiger partial charge in [-0.2, -0.15) is 0 Å². The molecule has 0 saturated carbocycles. The monoisotopic (exact) mass is 322 g/mol. The summed E-state index contributed by atoms with van der Waals surface area (Å²) in [6, 6.07) is 14.6. The second-order valence-electron chi connectivity index (χ2n) is 4.33. The Labute approximate surface area is 121 Å². The maximum Gasteiger partial charge on any atom is 0.123 e. The van der Waals surface area contributed by atoms with Crippen molar-refractivity contribution in [2.75, 3.05) is 30.4 Å². The highest BCUT2D eigenvalue weighted by Crippen LogP contribution is 2.15. The summed E-state index contributed by atoms with van der Waals surface area (Å²) >= 11 is 3.41. The van der Waals surface area contributed by atoms with Crippen molar-refractivity contribution >= 4 is 27.3 Å². The van der Waals surface area contributed by atoms with E-state index < -0.39 is 0 Å². The SMILES string of the molecule is CN(CCNc1ccc(Br)cc1)c1ccc(F)cc1. The van der Waals surface area contributed by atoms with Crippen LogP contribution in [0.15, 0.2) is 53.0 Å². The van der Waals surface area contributed by atoms with Gasteiger partial charge in [0, 0.05) is 36.0 Å². The third kappa shape index (κ3) is 4.24. The van der Waals surface area contributed by atoms with Gasteiger partial charge in [0.05, 0.1) is 0 Å². The molecule has 0 atom stereocenters. The number of benzene rings is 2. The highest BCUT2D eigenvalue weighted by atomic mass is 79.9. The molecule has 19 heavy (non-hydrogen) atoms. The number of anilines is 2. The quantitative estimate of drug-likeness (QED) is 0.890. The molecule has 0 fully saturated rings. The molecule has 2 nitrogen and oxygen atoms in total. The van der Waals surface area contributed by atoms with Crippen molar-refractivity contribution in [3.05, 3.63) is 58.8 Å². The predicted molar refractivity (Wildman–Crippen MR) is 82.3 cm³/mol. The molecule has 1 N–H and O–H groups in total. The maximum atomic E-state index is 12.8. The molecule has 0 spiro atoms. The summed E-state index contributed by atoms with van der Waals surface area (Å²) in [5.74, 6) is -0.204. The highest BCUT2D eigenvalue weighted by Gasteiger charge is 2.00. The van der Waals surface area contributed by atoms with Crippen LogP contribution in [0.5, 0.6) is 0 Å². The molecule has 100 valence electrons. The standard InChI is InChI=1S/C15H16BrFN2/c1-19(15-8-4-13(17)5-9-15)11-10-18-14-6-2-12(16)3-7-14/h2-9,18H,10-11H2,1H3. The summed E-state index contributed by atoms with van der Waals surface area (Å²) in [4.78, 5) is 2.09. The Morgan fingerprint density at radius 2 is 1.68 bits per heavy atom. The average molecular weight is 323 g/mol. The molecular weight excluding hydrogens is 307 g/mol. The van der Waals surface area contributed by atoms with Crippen LogP contribution in [0.3, 0.4) is 0 Å². The summed E-state index contributed by atoms with van der Waals surface area (Å²) in [6.07, 6.45) is 0. The van der Waals surface area contributed by atoms with Crippen molar-refractivity contribution in [3.8, 4) is 0 Å². The number of halogens is 2. The van der Waals surface area contributed by atoms with E-state index >= 15 is 0 Å². The lowest BCUT2D eigenvalue weighted by atomic mass is 10.3. The summed E-state index contributed by atoms with van der Waals surface area (Å²) in [6.45, 7) is 1.68. The average Bonchev–Trinajstić information content (AvgIpc) is 2.41. The van der Waals surface area contributed by atoms with Crippen LogP contribution in [-0.4, -0.2) is 20.1 Å². The van der Waals surface area contributed by atoms with E-state index in [-0.39, 0.29) is 5.82 Å². The molecule has 0 aromatic heterocycles. The normalized spacial score (nSPS) is 10.3. The number of rotatable bonds is 5. The third-order valence-electron chi connectivity index (χ3n) is 2.89. The molecule has 4 heteroatoms. The third-order valence-corrected chi connectivity index (χ3v) is 3.42. The Hall–Kier alpha value is -1.55. The van der Waals surface area contributed by atoms with Crippen LogP contribution in [0.25, 0.3) is 0 Å². The first-order chi connectivity index (χ1) is 9.15.